The maximum absolute atomic E-state index is 6.20. The van der Waals surface area contributed by atoms with Crippen LogP contribution in [-0.4, -0.2) is 15.8 Å². The summed E-state index contributed by atoms with van der Waals surface area (Å²) in [5, 5.41) is 8.61. The van der Waals surface area contributed by atoms with Crippen LogP contribution in [0.3, 0.4) is 0 Å². The minimum Gasteiger partial charge on any atom is -0.309 e. The third kappa shape index (κ3) is 4.32. The lowest BCUT2D eigenvalue weighted by atomic mass is 10.1. The number of unbranched alkanes of at least 4 members (excludes halogenated alkanes) is 2. The molecule has 98 valence electrons. The van der Waals surface area contributed by atoms with Gasteiger partial charge in [0, 0.05) is 19.6 Å². The summed E-state index contributed by atoms with van der Waals surface area (Å²) < 4.78 is 1.86. The lowest BCUT2D eigenvalue weighted by molar-refractivity contribution is 0.477. The van der Waals surface area contributed by atoms with Gasteiger partial charge in [-0.2, -0.15) is 5.10 Å². The van der Waals surface area contributed by atoms with Crippen LogP contribution in [0.2, 0.25) is 5.02 Å². The van der Waals surface area contributed by atoms with Gasteiger partial charge in [0.15, 0.2) is 0 Å². The number of aryl methyl sites for hydroxylation is 2. The highest BCUT2D eigenvalue weighted by molar-refractivity contribution is 6.31. The zero-order valence-corrected chi connectivity index (χ0v) is 12.1. The van der Waals surface area contributed by atoms with E-state index in [-0.39, 0.29) is 0 Å². The molecule has 17 heavy (non-hydrogen) atoms. The van der Waals surface area contributed by atoms with Crippen molar-refractivity contribution in [1.29, 1.82) is 0 Å². The van der Waals surface area contributed by atoms with E-state index in [0.29, 0.717) is 6.04 Å². The van der Waals surface area contributed by atoms with Gasteiger partial charge in [-0.15, -0.1) is 0 Å². The average Bonchev–Trinajstić information content (AvgIpc) is 2.51. The Morgan fingerprint density at radius 1 is 1.41 bits per heavy atom. The molecule has 0 aromatic carbocycles. The van der Waals surface area contributed by atoms with E-state index in [1.807, 2.05) is 18.7 Å². The molecule has 1 heterocycles. The number of rotatable bonds is 7. The molecule has 1 N–H and O–H groups in total. The van der Waals surface area contributed by atoms with E-state index >= 15 is 0 Å². The van der Waals surface area contributed by atoms with E-state index in [1.54, 1.807) is 0 Å². The Morgan fingerprint density at radius 3 is 2.65 bits per heavy atom. The molecular weight excluding hydrogens is 234 g/mol. The molecule has 0 saturated heterocycles. The molecule has 0 aliphatic heterocycles. The van der Waals surface area contributed by atoms with E-state index < -0.39 is 0 Å². The normalized spacial score (nSPS) is 13.0. The number of halogens is 1. The van der Waals surface area contributed by atoms with Gasteiger partial charge in [0.25, 0.3) is 0 Å². The molecule has 0 fully saturated rings. The van der Waals surface area contributed by atoms with E-state index in [2.05, 4.69) is 24.3 Å². The van der Waals surface area contributed by atoms with Crippen LogP contribution >= 0.6 is 11.6 Å². The van der Waals surface area contributed by atoms with Crippen LogP contribution in [0, 0.1) is 6.92 Å². The van der Waals surface area contributed by atoms with Crippen LogP contribution in [0.15, 0.2) is 0 Å². The van der Waals surface area contributed by atoms with Crippen molar-refractivity contribution in [3.8, 4) is 0 Å². The van der Waals surface area contributed by atoms with E-state index in [1.165, 1.54) is 25.7 Å². The monoisotopic (exact) mass is 257 g/mol. The molecule has 1 unspecified atom stereocenters. The summed E-state index contributed by atoms with van der Waals surface area (Å²) >= 11 is 6.20. The van der Waals surface area contributed by atoms with Crippen molar-refractivity contribution in [2.24, 2.45) is 7.05 Å². The van der Waals surface area contributed by atoms with Gasteiger partial charge in [0.05, 0.1) is 16.4 Å². The van der Waals surface area contributed by atoms with Gasteiger partial charge in [-0.05, 0) is 20.3 Å². The summed E-state index contributed by atoms with van der Waals surface area (Å²) in [7, 11) is 1.94. The van der Waals surface area contributed by atoms with E-state index in [0.717, 1.165) is 23.0 Å². The van der Waals surface area contributed by atoms with Crippen LogP contribution in [0.1, 0.15) is 50.9 Å². The smallest absolute Gasteiger partial charge is 0.0860 e. The molecule has 0 spiro atoms. The largest absolute Gasteiger partial charge is 0.309 e. The highest BCUT2D eigenvalue weighted by Gasteiger charge is 2.11. The van der Waals surface area contributed by atoms with Crippen molar-refractivity contribution in [3.05, 3.63) is 16.4 Å². The number of aromatic nitrogens is 2. The second-order valence-electron chi connectivity index (χ2n) is 4.75. The SMILES string of the molecule is CCCCCC(C)NCc1c(Cl)c(C)nn1C. The molecule has 4 heteroatoms. The first-order chi connectivity index (χ1) is 8.06. The first-order valence-electron chi connectivity index (χ1n) is 6.47. The quantitative estimate of drug-likeness (QED) is 0.759. The van der Waals surface area contributed by atoms with Crippen molar-refractivity contribution < 1.29 is 0 Å². The summed E-state index contributed by atoms with van der Waals surface area (Å²) in [6.45, 7) is 7.20. The molecule has 0 radical (unpaired) electrons. The Bertz CT molecular complexity index is 347. The summed E-state index contributed by atoms with van der Waals surface area (Å²) in [5.41, 5.74) is 1.98. The van der Waals surface area contributed by atoms with Gasteiger partial charge in [0.2, 0.25) is 0 Å². The van der Waals surface area contributed by atoms with Crippen molar-refractivity contribution in [1.82, 2.24) is 15.1 Å². The van der Waals surface area contributed by atoms with Crippen LogP contribution < -0.4 is 5.32 Å². The standard InChI is InChI=1S/C13H24ClN3/c1-5-6-7-8-10(2)15-9-12-13(14)11(3)16-17(12)4/h10,15H,5-9H2,1-4H3. The maximum atomic E-state index is 6.20. The number of hydrogen-bond donors (Lipinski definition) is 1. The second-order valence-corrected chi connectivity index (χ2v) is 5.13. The van der Waals surface area contributed by atoms with Crippen molar-refractivity contribution in [2.75, 3.05) is 0 Å². The fourth-order valence-electron chi connectivity index (χ4n) is 1.95. The minimum atomic E-state index is 0.535. The molecule has 0 bridgehead atoms. The molecule has 3 nitrogen and oxygen atoms in total. The van der Waals surface area contributed by atoms with Gasteiger partial charge in [-0.25, -0.2) is 0 Å². The zero-order chi connectivity index (χ0) is 12.8. The Kier molecular flexibility index (Phi) is 6.00. The predicted molar refractivity (Wildman–Crippen MR) is 73.4 cm³/mol. The number of hydrogen-bond acceptors (Lipinski definition) is 2. The van der Waals surface area contributed by atoms with Crippen molar-refractivity contribution >= 4 is 11.6 Å². The Balaban J connectivity index is 2.39. The molecular formula is C13H24ClN3. The highest BCUT2D eigenvalue weighted by atomic mass is 35.5. The maximum Gasteiger partial charge on any atom is 0.0860 e. The second kappa shape index (κ2) is 7.02. The van der Waals surface area contributed by atoms with Crippen molar-refractivity contribution in [3.63, 3.8) is 0 Å². The average molecular weight is 258 g/mol. The van der Waals surface area contributed by atoms with Gasteiger partial charge in [-0.3, -0.25) is 4.68 Å². The van der Waals surface area contributed by atoms with Gasteiger partial charge >= 0.3 is 0 Å². The summed E-state index contributed by atoms with van der Waals surface area (Å²) in [6, 6.07) is 0.535. The zero-order valence-electron chi connectivity index (χ0n) is 11.4. The third-order valence-corrected chi connectivity index (χ3v) is 3.61. The van der Waals surface area contributed by atoms with Crippen LogP contribution in [-0.2, 0) is 13.6 Å². The summed E-state index contributed by atoms with van der Waals surface area (Å²) in [4.78, 5) is 0. The summed E-state index contributed by atoms with van der Waals surface area (Å²) in [6.07, 6.45) is 5.11. The Labute approximate surface area is 110 Å². The first kappa shape index (κ1) is 14.5. The van der Waals surface area contributed by atoms with Crippen LogP contribution in [0.25, 0.3) is 0 Å². The van der Waals surface area contributed by atoms with E-state index in [9.17, 15) is 0 Å². The molecule has 0 aliphatic carbocycles. The third-order valence-electron chi connectivity index (χ3n) is 3.12. The minimum absolute atomic E-state index is 0.535. The fourth-order valence-corrected chi connectivity index (χ4v) is 2.17. The Hall–Kier alpha value is -0.540. The molecule has 0 aliphatic rings. The molecule has 1 atom stereocenters. The molecule has 1 aromatic heterocycles. The van der Waals surface area contributed by atoms with Gasteiger partial charge < -0.3 is 5.32 Å². The van der Waals surface area contributed by atoms with Gasteiger partial charge in [0.1, 0.15) is 0 Å². The molecule has 0 amide bonds. The van der Waals surface area contributed by atoms with Gasteiger partial charge in [-0.1, -0.05) is 37.8 Å². The van der Waals surface area contributed by atoms with E-state index in [4.69, 9.17) is 11.6 Å². The highest BCUT2D eigenvalue weighted by Crippen LogP contribution is 2.19. The lowest BCUT2D eigenvalue weighted by Crippen LogP contribution is -2.26. The summed E-state index contributed by atoms with van der Waals surface area (Å²) in [5.74, 6) is 0. The van der Waals surface area contributed by atoms with Crippen LogP contribution in [0.5, 0.6) is 0 Å². The van der Waals surface area contributed by atoms with Crippen LogP contribution in [0.4, 0.5) is 0 Å². The first-order valence-corrected chi connectivity index (χ1v) is 6.85. The molecule has 1 rings (SSSR count). The molecule has 0 saturated carbocycles. The topological polar surface area (TPSA) is 29.9 Å². The Morgan fingerprint density at radius 2 is 2.12 bits per heavy atom. The van der Waals surface area contributed by atoms with Crippen molar-refractivity contribution in [2.45, 2.75) is 59.0 Å². The predicted octanol–water partition coefficient (Wildman–Crippen LogP) is 3.44. The number of nitrogens with zero attached hydrogens (tertiary/aromatic N) is 2. The number of nitrogens with one attached hydrogen (secondary N) is 1. The lowest BCUT2D eigenvalue weighted by Gasteiger charge is -2.13. The molecule has 1 aromatic rings. The fraction of sp³-hybridized carbons (Fsp3) is 0.769.